The molecule has 8 nitrogen and oxygen atoms in total. The number of nitrogens with one attached hydrogen (secondary N) is 2. The molecule has 1 fully saturated rings. The van der Waals surface area contributed by atoms with Crippen LogP contribution in [-0.4, -0.2) is 41.7 Å². The topological polar surface area (TPSA) is 129 Å². The molecule has 1 amide bonds. The van der Waals surface area contributed by atoms with Gasteiger partial charge in [-0.2, -0.15) is 4.31 Å². The third-order valence-corrected chi connectivity index (χ3v) is 5.77. The molecule has 0 spiro atoms. The van der Waals surface area contributed by atoms with E-state index in [1.54, 1.807) is 0 Å². The largest absolute Gasteiger partial charge is 0.369 e. The number of carbonyl (C=O) groups is 1. The first kappa shape index (κ1) is 14.8. The molecule has 0 bridgehead atoms. The number of fused-ring (bicyclic) bond motifs is 1. The number of carbonyl (C=O) groups excluding carboxylic acids is 1. The van der Waals surface area contributed by atoms with Crippen LogP contribution < -0.4 is 11.4 Å². The highest BCUT2D eigenvalue weighted by Gasteiger charge is 2.32. The number of aromatic nitrogens is 2. The van der Waals surface area contributed by atoms with Crippen LogP contribution in [0.5, 0.6) is 0 Å². The molecule has 0 saturated carbocycles. The molecule has 1 atom stereocenters. The Kier molecular flexibility index (Phi) is 3.53. The molecule has 4 N–H and O–H groups in total. The molecule has 2 aromatic rings. The van der Waals surface area contributed by atoms with Gasteiger partial charge >= 0.3 is 5.69 Å². The first-order valence-corrected chi connectivity index (χ1v) is 8.33. The van der Waals surface area contributed by atoms with Crippen molar-refractivity contribution in [2.24, 2.45) is 11.7 Å². The second-order valence-corrected chi connectivity index (χ2v) is 7.33. The number of H-pyrrole nitrogens is 2. The summed E-state index contributed by atoms with van der Waals surface area (Å²) in [5.41, 5.74) is 5.86. The maximum absolute atomic E-state index is 12.7. The maximum Gasteiger partial charge on any atom is 0.323 e. The number of hydrogen-bond donors (Lipinski definition) is 3. The third kappa shape index (κ3) is 2.53. The van der Waals surface area contributed by atoms with Crippen LogP contribution in [0.4, 0.5) is 0 Å². The highest BCUT2D eigenvalue weighted by atomic mass is 32.2. The number of nitrogens with zero attached hydrogens (tertiary/aromatic N) is 1. The summed E-state index contributed by atoms with van der Waals surface area (Å²) in [6.07, 6.45) is 1.20. The first-order chi connectivity index (χ1) is 10.4. The molecule has 118 valence electrons. The normalized spacial score (nSPS) is 20.3. The van der Waals surface area contributed by atoms with Crippen molar-refractivity contribution in [1.29, 1.82) is 0 Å². The molecule has 0 aliphatic carbocycles. The summed E-state index contributed by atoms with van der Waals surface area (Å²) in [7, 11) is -3.72. The van der Waals surface area contributed by atoms with E-state index in [0.29, 0.717) is 30.4 Å². The molecular weight excluding hydrogens is 308 g/mol. The Balaban J connectivity index is 1.96. The van der Waals surface area contributed by atoms with Crippen LogP contribution in [0.3, 0.4) is 0 Å². The summed E-state index contributed by atoms with van der Waals surface area (Å²) in [6, 6.07) is 4.39. The van der Waals surface area contributed by atoms with E-state index in [2.05, 4.69) is 9.97 Å². The van der Waals surface area contributed by atoms with Gasteiger partial charge in [0.15, 0.2) is 0 Å². The molecule has 1 aliphatic rings. The summed E-state index contributed by atoms with van der Waals surface area (Å²) in [5.74, 6) is -0.940. The SMILES string of the molecule is NC(=O)C1CCCN(S(=O)(=O)c2ccc3[nH]c(=O)[nH]c3c2)C1. The lowest BCUT2D eigenvalue weighted by atomic mass is 9.99. The molecular formula is C13H16N4O4S. The zero-order valence-electron chi connectivity index (χ0n) is 11.7. The van der Waals surface area contributed by atoms with E-state index in [0.717, 1.165) is 0 Å². The fraction of sp³-hybridized carbons (Fsp3) is 0.385. The zero-order chi connectivity index (χ0) is 15.9. The van der Waals surface area contributed by atoms with Crippen molar-refractivity contribution in [3.8, 4) is 0 Å². The van der Waals surface area contributed by atoms with E-state index in [1.165, 1.54) is 22.5 Å². The molecule has 1 aromatic carbocycles. The minimum atomic E-state index is -3.72. The Morgan fingerprint density at radius 3 is 2.73 bits per heavy atom. The van der Waals surface area contributed by atoms with E-state index >= 15 is 0 Å². The van der Waals surface area contributed by atoms with Gasteiger partial charge in [-0.05, 0) is 31.0 Å². The molecule has 22 heavy (non-hydrogen) atoms. The molecule has 9 heteroatoms. The molecule has 1 saturated heterocycles. The van der Waals surface area contributed by atoms with Crippen molar-refractivity contribution in [2.45, 2.75) is 17.7 Å². The van der Waals surface area contributed by atoms with Gasteiger partial charge in [-0.3, -0.25) is 4.79 Å². The number of sulfonamides is 1. The van der Waals surface area contributed by atoms with Crippen molar-refractivity contribution >= 4 is 27.0 Å². The van der Waals surface area contributed by atoms with Gasteiger partial charge in [-0.1, -0.05) is 0 Å². The standard InChI is InChI=1S/C13H16N4O4S/c14-12(18)8-2-1-5-17(7-8)22(20,21)9-3-4-10-11(6-9)16-13(19)15-10/h3-4,6,8H,1-2,5,7H2,(H2,14,18)(H2,15,16,19). The predicted molar refractivity (Wildman–Crippen MR) is 79.6 cm³/mol. The summed E-state index contributed by atoms with van der Waals surface area (Å²) in [4.78, 5) is 27.7. The van der Waals surface area contributed by atoms with Gasteiger partial charge in [0.05, 0.1) is 21.8 Å². The predicted octanol–water partition coefficient (Wildman–Crippen LogP) is -0.258. The number of primary amides is 1. The van der Waals surface area contributed by atoms with Crippen molar-refractivity contribution in [3.05, 3.63) is 28.7 Å². The van der Waals surface area contributed by atoms with Gasteiger partial charge in [0.25, 0.3) is 0 Å². The number of piperidine rings is 1. The van der Waals surface area contributed by atoms with E-state index in [9.17, 15) is 18.0 Å². The summed E-state index contributed by atoms with van der Waals surface area (Å²) < 4.78 is 26.6. The lowest BCUT2D eigenvalue weighted by Gasteiger charge is -2.30. The van der Waals surface area contributed by atoms with Crippen molar-refractivity contribution in [1.82, 2.24) is 14.3 Å². The van der Waals surface area contributed by atoms with E-state index in [1.807, 2.05) is 0 Å². The number of nitrogens with two attached hydrogens (primary N) is 1. The minimum Gasteiger partial charge on any atom is -0.369 e. The summed E-state index contributed by atoms with van der Waals surface area (Å²) in [5, 5.41) is 0. The number of amides is 1. The Morgan fingerprint density at radius 1 is 1.27 bits per heavy atom. The zero-order valence-corrected chi connectivity index (χ0v) is 12.5. The van der Waals surface area contributed by atoms with Crippen LogP contribution in [0.25, 0.3) is 11.0 Å². The number of rotatable bonds is 3. The molecule has 0 radical (unpaired) electrons. The molecule has 1 unspecified atom stereocenters. The van der Waals surface area contributed by atoms with Gasteiger partial charge in [0.1, 0.15) is 0 Å². The van der Waals surface area contributed by atoms with E-state index in [4.69, 9.17) is 5.73 Å². The first-order valence-electron chi connectivity index (χ1n) is 6.89. The number of benzene rings is 1. The summed E-state index contributed by atoms with van der Waals surface area (Å²) in [6.45, 7) is 0.452. The van der Waals surface area contributed by atoms with Crippen LogP contribution in [0.2, 0.25) is 0 Å². The van der Waals surface area contributed by atoms with Crippen molar-refractivity contribution in [3.63, 3.8) is 0 Å². The smallest absolute Gasteiger partial charge is 0.323 e. The Bertz CT molecular complexity index is 883. The van der Waals surface area contributed by atoms with Gasteiger partial charge in [-0.25, -0.2) is 13.2 Å². The average Bonchev–Trinajstić information content (AvgIpc) is 2.86. The molecule has 2 heterocycles. The molecule has 1 aromatic heterocycles. The van der Waals surface area contributed by atoms with Crippen LogP contribution in [0, 0.1) is 5.92 Å². The third-order valence-electron chi connectivity index (χ3n) is 3.91. The molecule has 1 aliphatic heterocycles. The maximum atomic E-state index is 12.7. The fourth-order valence-electron chi connectivity index (χ4n) is 2.71. The monoisotopic (exact) mass is 324 g/mol. The Morgan fingerprint density at radius 2 is 2.00 bits per heavy atom. The van der Waals surface area contributed by atoms with E-state index < -0.39 is 27.5 Å². The second kappa shape index (κ2) is 5.25. The van der Waals surface area contributed by atoms with Gasteiger partial charge in [-0.15, -0.1) is 0 Å². The summed E-state index contributed by atoms with van der Waals surface area (Å²) >= 11 is 0. The van der Waals surface area contributed by atoms with Crippen LogP contribution in [-0.2, 0) is 14.8 Å². The molecule has 3 rings (SSSR count). The highest BCUT2D eigenvalue weighted by molar-refractivity contribution is 7.89. The van der Waals surface area contributed by atoms with Gasteiger partial charge in [0.2, 0.25) is 15.9 Å². The highest BCUT2D eigenvalue weighted by Crippen LogP contribution is 2.24. The number of hydrogen-bond acceptors (Lipinski definition) is 4. The number of imidazole rings is 1. The lowest BCUT2D eigenvalue weighted by Crippen LogP contribution is -2.44. The Labute approximate surface area is 126 Å². The quantitative estimate of drug-likeness (QED) is 0.718. The van der Waals surface area contributed by atoms with Gasteiger partial charge in [0, 0.05) is 13.1 Å². The van der Waals surface area contributed by atoms with Crippen molar-refractivity contribution < 1.29 is 13.2 Å². The number of aromatic amines is 2. The average molecular weight is 324 g/mol. The second-order valence-electron chi connectivity index (χ2n) is 5.39. The van der Waals surface area contributed by atoms with Crippen LogP contribution >= 0.6 is 0 Å². The minimum absolute atomic E-state index is 0.0837. The van der Waals surface area contributed by atoms with Crippen LogP contribution in [0.1, 0.15) is 12.8 Å². The van der Waals surface area contributed by atoms with Gasteiger partial charge < -0.3 is 15.7 Å². The van der Waals surface area contributed by atoms with E-state index in [-0.39, 0.29) is 11.4 Å². The van der Waals surface area contributed by atoms with Crippen LogP contribution in [0.15, 0.2) is 27.9 Å². The van der Waals surface area contributed by atoms with Crippen molar-refractivity contribution in [2.75, 3.05) is 13.1 Å². The Hall–Kier alpha value is -2.13. The fourth-order valence-corrected chi connectivity index (χ4v) is 4.26. The lowest BCUT2D eigenvalue weighted by molar-refractivity contribution is -0.122.